The largest absolute Gasteiger partial charge is 0.489 e. The van der Waals surface area contributed by atoms with Crippen molar-refractivity contribution in [1.82, 2.24) is 14.7 Å². The minimum atomic E-state index is -0.242. The van der Waals surface area contributed by atoms with Gasteiger partial charge in [-0.05, 0) is 78.5 Å². The number of rotatable bonds is 9. The molecule has 8 heteroatoms. The van der Waals surface area contributed by atoms with Gasteiger partial charge in [-0.15, -0.1) is 0 Å². The minimum absolute atomic E-state index is 0.0120. The molecule has 1 atom stereocenters. The summed E-state index contributed by atoms with van der Waals surface area (Å²) < 4.78 is 8.56. The quantitative estimate of drug-likeness (QED) is 0.268. The fraction of sp³-hybridized carbons (Fsp3) is 0.259. The number of hydrogen-bond donors (Lipinski definition) is 2. The van der Waals surface area contributed by atoms with Crippen LogP contribution in [0.25, 0.3) is 16.9 Å². The van der Waals surface area contributed by atoms with Crippen LogP contribution in [0.3, 0.4) is 0 Å². The topological polar surface area (TPSA) is 75.9 Å². The molecular weight excluding hydrogens is 530 g/mol. The predicted octanol–water partition coefficient (Wildman–Crippen LogP) is 5.93. The van der Waals surface area contributed by atoms with Crippen LogP contribution < -0.4 is 10.1 Å². The Hall–Kier alpha value is -2.87. The van der Waals surface area contributed by atoms with E-state index in [1.807, 2.05) is 67.0 Å². The third kappa shape index (κ3) is 6.23. The van der Waals surface area contributed by atoms with E-state index in [-0.39, 0.29) is 24.7 Å². The number of aliphatic hydroxyl groups is 1. The maximum absolute atomic E-state index is 12.9. The van der Waals surface area contributed by atoms with Gasteiger partial charge in [0, 0.05) is 36.2 Å². The first-order chi connectivity index (χ1) is 16.8. The lowest BCUT2D eigenvalue weighted by Crippen LogP contribution is -2.37. The number of aliphatic hydroxyl groups excluding tert-OH is 1. The molecule has 0 aliphatic rings. The molecule has 0 fully saturated rings. The van der Waals surface area contributed by atoms with Crippen molar-refractivity contribution in [2.75, 3.05) is 6.61 Å². The van der Waals surface area contributed by atoms with Gasteiger partial charge in [0.2, 0.25) is 0 Å². The summed E-state index contributed by atoms with van der Waals surface area (Å²) in [6.07, 6.45) is 4.97. The normalized spacial score (nSPS) is 12.2. The van der Waals surface area contributed by atoms with Crippen LogP contribution in [-0.4, -0.2) is 39.2 Å². The number of imidazole rings is 1. The van der Waals surface area contributed by atoms with E-state index < -0.39 is 0 Å². The van der Waals surface area contributed by atoms with E-state index in [1.54, 1.807) is 18.2 Å². The number of nitrogens with zero attached hydrogens (tertiary/aromatic N) is 2. The van der Waals surface area contributed by atoms with Crippen LogP contribution in [-0.2, 0) is 6.42 Å². The molecule has 0 radical (unpaired) electrons. The molecule has 35 heavy (non-hydrogen) atoms. The van der Waals surface area contributed by atoms with Crippen molar-refractivity contribution < 1.29 is 14.6 Å². The molecule has 6 nitrogen and oxygen atoms in total. The van der Waals surface area contributed by atoms with Crippen molar-refractivity contribution in [2.24, 2.45) is 0 Å². The molecule has 2 heterocycles. The van der Waals surface area contributed by atoms with Gasteiger partial charge in [-0.1, -0.05) is 35.9 Å². The zero-order chi connectivity index (χ0) is 24.9. The van der Waals surface area contributed by atoms with Crippen LogP contribution in [0, 0.1) is 0 Å². The third-order valence-corrected chi connectivity index (χ3v) is 6.45. The van der Waals surface area contributed by atoms with Crippen LogP contribution >= 0.6 is 27.5 Å². The Kier molecular flexibility index (Phi) is 8.11. The average molecular weight is 557 g/mol. The number of nitrogens with one attached hydrogen (secondary N) is 1. The Bertz CT molecular complexity index is 1320. The predicted molar refractivity (Wildman–Crippen MR) is 142 cm³/mol. The molecular formula is C27H27BrClN3O3. The standard InChI is InChI=1S/C27H27BrClN3O3/c1-17(2)35-25-10-9-20(15-23(25)29)27(34)30-21(11-13-33)14-18-5-7-19(8-6-18)24-16-32-12-3-4-22(28)26(32)31-24/h3-10,12,15-17,21,33H,11,13-14H2,1-2H3,(H,30,34)/t21-/m1/s1. The molecule has 4 rings (SSSR count). The molecule has 0 bridgehead atoms. The monoisotopic (exact) mass is 555 g/mol. The van der Waals surface area contributed by atoms with Gasteiger partial charge in [0.15, 0.2) is 5.65 Å². The summed E-state index contributed by atoms with van der Waals surface area (Å²) in [6.45, 7) is 3.81. The maximum Gasteiger partial charge on any atom is 0.251 e. The fourth-order valence-corrected chi connectivity index (χ4v) is 4.53. The van der Waals surface area contributed by atoms with Crippen molar-refractivity contribution in [2.45, 2.75) is 38.8 Å². The Morgan fingerprint density at radius 3 is 2.63 bits per heavy atom. The van der Waals surface area contributed by atoms with Gasteiger partial charge in [-0.2, -0.15) is 0 Å². The number of carbonyl (C=O) groups excluding carboxylic acids is 1. The van der Waals surface area contributed by atoms with Gasteiger partial charge in [0.25, 0.3) is 5.91 Å². The second-order valence-corrected chi connectivity index (χ2v) is 9.87. The molecule has 2 aromatic carbocycles. The molecule has 0 aliphatic carbocycles. The highest BCUT2D eigenvalue weighted by Crippen LogP contribution is 2.27. The highest BCUT2D eigenvalue weighted by molar-refractivity contribution is 9.10. The summed E-state index contributed by atoms with van der Waals surface area (Å²) in [5, 5.41) is 13.0. The van der Waals surface area contributed by atoms with Crippen molar-refractivity contribution in [3.8, 4) is 17.0 Å². The van der Waals surface area contributed by atoms with Crippen molar-refractivity contribution in [3.63, 3.8) is 0 Å². The molecule has 0 unspecified atom stereocenters. The summed E-state index contributed by atoms with van der Waals surface area (Å²) in [7, 11) is 0. The maximum atomic E-state index is 12.9. The molecule has 2 aromatic heterocycles. The van der Waals surface area contributed by atoms with Crippen LogP contribution in [0.5, 0.6) is 5.75 Å². The second kappa shape index (κ2) is 11.2. The summed E-state index contributed by atoms with van der Waals surface area (Å²) >= 11 is 9.83. The molecule has 182 valence electrons. The molecule has 2 N–H and O–H groups in total. The zero-order valence-corrected chi connectivity index (χ0v) is 21.9. The Morgan fingerprint density at radius 1 is 1.20 bits per heavy atom. The molecule has 0 saturated heterocycles. The van der Waals surface area contributed by atoms with E-state index in [2.05, 4.69) is 21.2 Å². The lowest BCUT2D eigenvalue weighted by Gasteiger charge is -2.19. The number of carbonyl (C=O) groups is 1. The first-order valence-corrected chi connectivity index (χ1v) is 12.6. The SMILES string of the molecule is CC(C)Oc1ccc(C(=O)N[C@H](CCO)Cc2ccc(-c3cn4cccc(Br)c4n3)cc2)cc1Cl. The van der Waals surface area contributed by atoms with E-state index in [4.69, 9.17) is 21.3 Å². The number of pyridine rings is 1. The van der Waals surface area contributed by atoms with Crippen LogP contribution in [0.2, 0.25) is 5.02 Å². The Morgan fingerprint density at radius 2 is 1.97 bits per heavy atom. The van der Waals surface area contributed by atoms with Gasteiger partial charge < -0.3 is 19.6 Å². The van der Waals surface area contributed by atoms with Gasteiger partial charge in [-0.3, -0.25) is 4.79 Å². The first kappa shape index (κ1) is 25.2. The van der Waals surface area contributed by atoms with Gasteiger partial charge >= 0.3 is 0 Å². The Labute approximate surface area is 218 Å². The van der Waals surface area contributed by atoms with Crippen molar-refractivity contribution in [3.05, 3.63) is 87.6 Å². The average Bonchev–Trinajstić information content (AvgIpc) is 3.26. The summed E-state index contributed by atoms with van der Waals surface area (Å²) in [6, 6.07) is 16.8. The number of benzene rings is 2. The lowest BCUT2D eigenvalue weighted by atomic mass is 10.0. The number of halogens is 2. The first-order valence-electron chi connectivity index (χ1n) is 11.4. The molecule has 0 aliphatic heterocycles. The Balaban J connectivity index is 1.44. The van der Waals surface area contributed by atoms with E-state index in [0.717, 1.165) is 26.9 Å². The fourth-order valence-electron chi connectivity index (χ4n) is 3.86. The van der Waals surface area contributed by atoms with Crippen molar-refractivity contribution >= 4 is 39.1 Å². The van der Waals surface area contributed by atoms with Crippen LogP contribution in [0.4, 0.5) is 0 Å². The lowest BCUT2D eigenvalue weighted by molar-refractivity contribution is 0.0930. The van der Waals surface area contributed by atoms with Gasteiger partial charge in [0.1, 0.15) is 5.75 Å². The highest BCUT2D eigenvalue weighted by atomic mass is 79.9. The second-order valence-electron chi connectivity index (χ2n) is 8.61. The van der Waals surface area contributed by atoms with Gasteiger partial charge in [-0.25, -0.2) is 4.98 Å². The number of ether oxygens (including phenoxy) is 1. The number of fused-ring (bicyclic) bond motifs is 1. The molecule has 4 aromatic rings. The molecule has 1 amide bonds. The van der Waals surface area contributed by atoms with Crippen LogP contribution in [0.1, 0.15) is 36.2 Å². The van der Waals surface area contributed by atoms with E-state index in [9.17, 15) is 9.90 Å². The van der Waals surface area contributed by atoms with E-state index in [1.165, 1.54) is 0 Å². The zero-order valence-electron chi connectivity index (χ0n) is 19.5. The number of amides is 1. The summed E-state index contributed by atoms with van der Waals surface area (Å²) in [5.74, 6) is 0.302. The summed E-state index contributed by atoms with van der Waals surface area (Å²) in [4.78, 5) is 17.6. The smallest absolute Gasteiger partial charge is 0.251 e. The third-order valence-electron chi connectivity index (χ3n) is 5.54. The minimum Gasteiger partial charge on any atom is -0.489 e. The number of aromatic nitrogens is 2. The van der Waals surface area contributed by atoms with Crippen LogP contribution in [0.15, 0.2) is 71.5 Å². The number of hydrogen-bond acceptors (Lipinski definition) is 4. The molecule has 0 saturated carbocycles. The molecule has 0 spiro atoms. The van der Waals surface area contributed by atoms with Gasteiger partial charge in [0.05, 0.1) is 21.3 Å². The van der Waals surface area contributed by atoms with E-state index >= 15 is 0 Å². The van der Waals surface area contributed by atoms with E-state index in [0.29, 0.717) is 29.2 Å². The highest BCUT2D eigenvalue weighted by Gasteiger charge is 2.16. The van der Waals surface area contributed by atoms with Crippen molar-refractivity contribution in [1.29, 1.82) is 0 Å². The summed E-state index contributed by atoms with van der Waals surface area (Å²) in [5.41, 5.74) is 4.25.